The number of nitrogens with one attached hydrogen (secondary N) is 1. The highest BCUT2D eigenvalue weighted by molar-refractivity contribution is 7.99. The van der Waals surface area contributed by atoms with E-state index in [4.69, 9.17) is 0 Å². The minimum atomic E-state index is 0.768. The first kappa shape index (κ1) is 14.4. The van der Waals surface area contributed by atoms with Crippen molar-refractivity contribution in [2.45, 2.75) is 76.5 Å². The maximum absolute atomic E-state index is 3.64. The molecule has 1 unspecified atom stereocenters. The second-order valence-electron chi connectivity index (χ2n) is 4.98. The molecule has 1 N–H and O–H groups in total. The van der Waals surface area contributed by atoms with Crippen molar-refractivity contribution in [3.8, 4) is 0 Å². The van der Waals surface area contributed by atoms with Crippen LogP contribution in [0, 0.1) is 0 Å². The fraction of sp³-hybridized carbons (Fsp3) is 1.00. The van der Waals surface area contributed by atoms with Gasteiger partial charge in [0.05, 0.1) is 0 Å². The summed E-state index contributed by atoms with van der Waals surface area (Å²) in [5, 5.41) is 4.64. The van der Waals surface area contributed by atoms with E-state index in [0.717, 1.165) is 11.3 Å². The Morgan fingerprint density at radius 1 is 1.25 bits per heavy atom. The van der Waals surface area contributed by atoms with E-state index in [1.54, 1.807) is 0 Å². The van der Waals surface area contributed by atoms with E-state index < -0.39 is 0 Å². The van der Waals surface area contributed by atoms with Gasteiger partial charge >= 0.3 is 0 Å². The molecule has 0 spiro atoms. The lowest BCUT2D eigenvalue weighted by Crippen LogP contribution is -2.29. The minimum Gasteiger partial charge on any atom is -0.314 e. The van der Waals surface area contributed by atoms with Crippen LogP contribution in [0.2, 0.25) is 0 Å². The quantitative estimate of drug-likeness (QED) is 0.609. The highest BCUT2D eigenvalue weighted by atomic mass is 32.2. The molecule has 96 valence electrons. The molecule has 0 bridgehead atoms. The Kier molecular flexibility index (Phi) is 8.40. The summed E-state index contributed by atoms with van der Waals surface area (Å²) in [5.41, 5.74) is 0. The Morgan fingerprint density at radius 2 is 2.00 bits per heavy atom. The van der Waals surface area contributed by atoms with Crippen LogP contribution in [0.15, 0.2) is 0 Å². The average Bonchev–Trinajstić information content (AvgIpc) is 2.81. The van der Waals surface area contributed by atoms with Crippen molar-refractivity contribution in [1.82, 2.24) is 5.32 Å². The standard InChI is InChI=1S/C14H29NS/c1-3-11-15-13(4-2)8-7-12-16-14-9-5-6-10-14/h13-15H,3-12H2,1-2H3. The van der Waals surface area contributed by atoms with Gasteiger partial charge in [0, 0.05) is 11.3 Å². The van der Waals surface area contributed by atoms with Crippen LogP contribution in [-0.2, 0) is 0 Å². The van der Waals surface area contributed by atoms with Crippen molar-refractivity contribution in [2.24, 2.45) is 0 Å². The van der Waals surface area contributed by atoms with Gasteiger partial charge in [0.15, 0.2) is 0 Å². The van der Waals surface area contributed by atoms with E-state index in [1.165, 1.54) is 63.7 Å². The Morgan fingerprint density at radius 3 is 2.62 bits per heavy atom. The smallest absolute Gasteiger partial charge is 0.00647 e. The zero-order chi connectivity index (χ0) is 11.6. The molecule has 0 aromatic rings. The van der Waals surface area contributed by atoms with Gasteiger partial charge in [0.1, 0.15) is 0 Å². The molecule has 1 atom stereocenters. The van der Waals surface area contributed by atoms with Crippen molar-refractivity contribution >= 4 is 11.8 Å². The van der Waals surface area contributed by atoms with E-state index in [1.807, 2.05) is 0 Å². The van der Waals surface area contributed by atoms with Gasteiger partial charge in [-0.3, -0.25) is 0 Å². The Bertz CT molecular complexity index is 155. The Labute approximate surface area is 106 Å². The van der Waals surface area contributed by atoms with Gasteiger partial charge in [-0.15, -0.1) is 0 Å². The molecule has 0 radical (unpaired) electrons. The van der Waals surface area contributed by atoms with Gasteiger partial charge in [-0.05, 0) is 50.8 Å². The van der Waals surface area contributed by atoms with Crippen LogP contribution in [-0.4, -0.2) is 23.6 Å². The number of thioether (sulfide) groups is 1. The molecule has 1 nitrogen and oxygen atoms in total. The van der Waals surface area contributed by atoms with Crippen molar-refractivity contribution in [3.05, 3.63) is 0 Å². The monoisotopic (exact) mass is 243 g/mol. The summed E-state index contributed by atoms with van der Waals surface area (Å²) in [6.07, 6.45) is 11.2. The third-order valence-electron chi connectivity index (χ3n) is 3.53. The molecule has 1 saturated carbocycles. The minimum absolute atomic E-state index is 0.768. The van der Waals surface area contributed by atoms with Crippen molar-refractivity contribution in [1.29, 1.82) is 0 Å². The van der Waals surface area contributed by atoms with Crippen LogP contribution in [0.4, 0.5) is 0 Å². The van der Waals surface area contributed by atoms with Gasteiger partial charge in [-0.25, -0.2) is 0 Å². The molecular weight excluding hydrogens is 214 g/mol. The average molecular weight is 243 g/mol. The highest BCUT2D eigenvalue weighted by Crippen LogP contribution is 2.29. The molecule has 2 heteroatoms. The third-order valence-corrected chi connectivity index (χ3v) is 5.00. The Hall–Kier alpha value is 0.310. The molecule has 0 saturated heterocycles. The second kappa shape index (κ2) is 9.35. The summed E-state index contributed by atoms with van der Waals surface area (Å²) in [6, 6.07) is 0.768. The lowest BCUT2D eigenvalue weighted by molar-refractivity contribution is 0.465. The van der Waals surface area contributed by atoms with Crippen molar-refractivity contribution < 1.29 is 0 Å². The van der Waals surface area contributed by atoms with Crippen LogP contribution < -0.4 is 5.32 Å². The first-order valence-electron chi connectivity index (χ1n) is 7.21. The molecule has 1 aliphatic carbocycles. The summed E-state index contributed by atoms with van der Waals surface area (Å²) < 4.78 is 0. The normalized spacial score (nSPS) is 19.1. The maximum atomic E-state index is 3.64. The van der Waals surface area contributed by atoms with Gasteiger partial charge < -0.3 is 5.32 Å². The van der Waals surface area contributed by atoms with E-state index in [2.05, 4.69) is 30.9 Å². The Balaban J connectivity index is 1.95. The van der Waals surface area contributed by atoms with Crippen molar-refractivity contribution in [3.63, 3.8) is 0 Å². The third kappa shape index (κ3) is 6.15. The molecule has 0 aromatic heterocycles. The SMILES string of the molecule is CCCNC(CC)CCCSC1CCCC1. The fourth-order valence-corrected chi connectivity index (χ4v) is 3.77. The predicted molar refractivity (Wildman–Crippen MR) is 76.3 cm³/mol. The lowest BCUT2D eigenvalue weighted by atomic mass is 10.1. The summed E-state index contributed by atoms with van der Waals surface area (Å²) in [4.78, 5) is 0. The van der Waals surface area contributed by atoms with Crippen LogP contribution >= 0.6 is 11.8 Å². The number of rotatable bonds is 9. The summed E-state index contributed by atoms with van der Waals surface area (Å²) >= 11 is 2.23. The summed E-state index contributed by atoms with van der Waals surface area (Å²) in [5.74, 6) is 1.38. The van der Waals surface area contributed by atoms with Gasteiger partial charge in [-0.2, -0.15) is 11.8 Å². The van der Waals surface area contributed by atoms with Crippen LogP contribution in [0.1, 0.15) is 65.2 Å². The largest absolute Gasteiger partial charge is 0.314 e. The predicted octanol–water partition coefficient (Wildman–Crippen LogP) is 4.22. The van der Waals surface area contributed by atoms with Crippen LogP contribution in [0.25, 0.3) is 0 Å². The molecule has 16 heavy (non-hydrogen) atoms. The zero-order valence-electron chi connectivity index (χ0n) is 11.1. The number of hydrogen-bond donors (Lipinski definition) is 1. The molecule has 1 aliphatic rings. The van der Waals surface area contributed by atoms with Crippen LogP contribution in [0.3, 0.4) is 0 Å². The van der Waals surface area contributed by atoms with Crippen LogP contribution in [0.5, 0.6) is 0 Å². The summed E-state index contributed by atoms with van der Waals surface area (Å²) in [6.45, 7) is 5.74. The molecule has 0 heterocycles. The van der Waals surface area contributed by atoms with E-state index in [0.29, 0.717) is 0 Å². The van der Waals surface area contributed by atoms with Crippen molar-refractivity contribution in [2.75, 3.05) is 12.3 Å². The van der Waals surface area contributed by atoms with E-state index in [9.17, 15) is 0 Å². The second-order valence-corrected chi connectivity index (χ2v) is 6.39. The van der Waals surface area contributed by atoms with Gasteiger partial charge in [-0.1, -0.05) is 26.7 Å². The first-order valence-corrected chi connectivity index (χ1v) is 8.26. The molecular formula is C14H29NS. The zero-order valence-corrected chi connectivity index (χ0v) is 12.0. The topological polar surface area (TPSA) is 12.0 Å². The summed E-state index contributed by atoms with van der Waals surface area (Å²) in [7, 11) is 0. The highest BCUT2D eigenvalue weighted by Gasteiger charge is 2.14. The van der Waals surface area contributed by atoms with E-state index >= 15 is 0 Å². The molecule has 0 aromatic carbocycles. The number of hydrogen-bond acceptors (Lipinski definition) is 2. The first-order chi connectivity index (χ1) is 7.86. The lowest BCUT2D eigenvalue weighted by Gasteiger charge is -2.16. The van der Waals surface area contributed by atoms with Gasteiger partial charge in [0.25, 0.3) is 0 Å². The molecule has 1 fully saturated rings. The molecule has 0 aliphatic heterocycles. The van der Waals surface area contributed by atoms with Gasteiger partial charge in [0.2, 0.25) is 0 Å². The fourth-order valence-electron chi connectivity index (χ4n) is 2.43. The molecule has 0 amide bonds. The van der Waals surface area contributed by atoms with E-state index in [-0.39, 0.29) is 0 Å². The maximum Gasteiger partial charge on any atom is 0.00647 e. The molecule has 1 rings (SSSR count).